The molecule has 94 heavy (non-hydrogen) atoms. The number of carbonyl (C=O) groups is 3. The Morgan fingerprint density at radius 3 is 2.33 bits per heavy atom. The van der Waals surface area contributed by atoms with Crippen molar-refractivity contribution >= 4 is 57.0 Å². The van der Waals surface area contributed by atoms with E-state index >= 15 is 4.39 Å². The molecule has 7 atom stereocenters. The van der Waals surface area contributed by atoms with Crippen molar-refractivity contribution < 1.29 is 52.7 Å². The third-order valence-corrected chi connectivity index (χ3v) is 20.1. The number of rotatable bonds is 18. The quantitative estimate of drug-likeness (QED) is 0.0721. The molecule has 3 aromatic carbocycles. The van der Waals surface area contributed by atoms with Gasteiger partial charge in [-0.25, -0.2) is 28.5 Å². The van der Waals surface area contributed by atoms with Gasteiger partial charge >= 0.3 is 12.1 Å². The van der Waals surface area contributed by atoms with Crippen molar-refractivity contribution in [1.82, 2.24) is 59.8 Å². The first-order chi connectivity index (χ1) is 45.4. The standard InChI is InChI=1S/C69H80FN13O10S/c1-37(2)61(66(87)81-32-47(85)27-54(81)65(86)73-52(34-84)42-15-19-44(20-16-42)63-39(4)71-36-94-63)82-33-51(77-78-82)41-13-11-40(12-14-41)35-91-62-57(56-38(3)50(70)28-53-49(56)29-72-83(53)55-10-8-9-23-90-55)58(43-17-18-43)74-60-59(62)75-67(92-48-21-24-89-25-22-48)76-64(60)79-30-46-26-45(79)31-80(46)68(88)93-69(5,6)7/h11-16,19-20,28-29,33,36-37,43,45-48,52,54-55,61,84-85H,8-10,17-18,21-27,30-32,34-35H2,1-7H3,(H,73,86)/t45-,46-,47+,52-,54-,55?,61-/m0/s1. The molecule has 3 N–H and O–H groups in total. The Bertz CT molecular complexity index is 4140. The molecule has 1 saturated carbocycles. The number of ether oxygens (including phenoxy) is 5. The van der Waals surface area contributed by atoms with E-state index < -0.39 is 47.5 Å². The summed E-state index contributed by atoms with van der Waals surface area (Å²) < 4.78 is 52.2. The first kappa shape index (κ1) is 63.2. The van der Waals surface area contributed by atoms with Crippen molar-refractivity contribution in [2.24, 2.45) is 5.92 Å². The van der Waals surface area contributed by atoms with Gasteiger partial charge in [0, 0.05) is 79.6 Å². The predicted octanol–water partition coefficient (Wildman–Crippen LogP) is 10.1. The number of carbonyl (C=O) groups excluding carboxylic acids is 3. The molecule has 0 spiro atoms. The molecule has 5 aliphatic heterocycles. The molecule has 1 unspecified atom stereocenters. The second-order valence-electron chi connectivity index (χ2n) is 27.2. The zero-order valence-electron chi connectivity index (χ0n) is 54.0. The van der Waals surface area contributed by atoms with Crippen molar-refractivity contribution in [2.75, 3.05) is 51.0 Å². The predicted molar refractivity (Wildman–Crippen MR) is 349 cm³/mol. The molecule has 6 fully saturated rings. The molecule has 5 aromatic heterocycles. The Kier molecular flexibility index (Phi) is 17.4. The number of aromatic nitrogens is 9. The lowest BCUT2D eigenvalue weighted by Crippen LogP contribution is -2.50. The minimum atomic E-state index is -1.00. The maximum atomic E-state index is 17.0. The largest absolute Gasteiger partial charge is 0.486 e. The van der Waals surface area contributed by atoms with E-state index in [0.29, 0.717) is 114 Å². The molecule has 25 heteroatoms. The van der Waals surface area contributed by atoms with Gasteiger partial charge in [0.25, 0.3) is 0 Å². The van der Waals surface area contributed by atoms with E-state index in [1.165, 1.54) is 20.9 Å². The summed E-state index contributed by atoms with van der Waals surface area (Å²) in [6.45, 7) is 15.3. The molecule has 1 aliphatic carbocycles. The number of piperazine rings is 1. The van der Waals surface area contributed by atoms with Gasteiger partial charge in [0.2, 0.25) is 11.8 Å². The van der Waals surface area contributed by atoms with Gasteiger partial charge in [-0.15, -0.1) is 16.4 Å². The number of hydrogen-bond donors (Lipinski definition) is 3. The van der Waals surface area contributed by atoms with Crippen molar-refractivity contribution in [3.05, 3.63) is 106 Å². The zero-order chi connectivity index (χ0) is 65.3. The number of aryl methyl sites for hydroxylation is 1. The molecule has 5 saturated heterocycles. The summed E-state index contributed by atoms with van der Waals surface area (Å²) in [4.78, 5) is 69.4. The Morgan fingerprint density at radius 2 is 1.65 bits per heavy atom. The average molecular weight is 1300 g/mol. The molecule has 3 amide bonds. The van der Waals surface area contributed by atoms with Crippen LogP contribution in [0.3, 0.4) is 0 Å². The van der Waals surface area contributed by atoms with Gasteiger partial charge < -0.3 is 53.9 Å². The number of benzene rings is 3. The Balaban J connectivity index is 0.781. The first-order valence-corrected chi connectivity index (χ1v) is 33.8. The smallest absolute Gasteiger partial charge is 0.410 e. The molecule has 0 radical (unpaired) electrons. The summed E-state index contributed by atoms with van der Waals surface area (Å²) in [6, 6.07) is 14.1. The second-order valence-corrected chi connectivity index (χ2v) is 28.1. The number of pyridine rings is 1. The minimum absolute atomic E-state index is 0.0138. The van der Waals surface area contributed by atoms with Crippen LogP contribution in [0, 0.1) is 25.6 Å². The number of aliphatic hydroxyl groups is 2. The molecule has 23 nitrogen and oxygen atoms in total. The summed E-state index contributed by atoms with van der Waals surface area (Å²) >= 11 is 1.54. The minimum Gasteiger partial charge on any atom is -0.486 e. The van der Waals surface area contributed by atoms with Crippen molar-refractivity contribution in [3.63, 3.8) is 0 Å². The van der Waals surface area contributed by atoms with Crippen LogP contribution < -0.4 is 19.7 Å². The van der Waals surface area contributed by atoms with Crippen LogP contribution in [-0.2, 0) is 30.4 Å². The normalized spacial score (nSPS) is 21.6. The Morgan fingerprint density at radius 1 is 0.872 bits per heavy atom. The molecule has 6 aliphatic rings. The highest BCUT2D eigenvalue weighted by molar-refractivity contribution is 7.13. The third kappa shape index (κ3) is 12.4. The average Bonchev–Trinajstić information content (AvgIpc) is 1.34. The van der Waals surface area contributed by atoms with Gasteiger partial charge in [0.15, 0.2) is 17.8 Å². The maximum Gasteiger partial charge on any atom is 0.410 e. The fourth-order valence-electron chi connectivity index (χ4n) is 14.1. The number of likely N-dealkylation sites (tertiary alicyclic amines) is 2. The van der Waals surface area contributed by atoms with Crippen LogP contribution >= 0.6 is 11.3 Å². The topological polar surface area (TPSA) is 260 Å². The van der Waals surface area contributed by atoms with E-state index in [0.717, 1.165) is 64.9 Å². The number of halogens is 1. The fourth-order valence-corrected chi connectivity index (χ4v) is 14.9. The highest BCUT2D eigenvalue weighted by atomic mass is 32.1. The zero-order valence-corrected chi connectivity index (χ0v) is 54.9. The molecule has 494 valence electrons. The lowest BCUT2D eigenvalue weighted by atomic mass is 9.92. The third-order valence-electron chi connectivity index (χ3n) is 19.1. The van der Waals surface area contributed by atoms with E-state index in [4.69, 9.17) is 43.7 Å². The number of nitrogens with one attached hydrogen (secondary N) is 1. The highest BCUT2D eigenvalue weighted by Gasteiger charge is 2.49. The molecule has 10 heterocycles. The number of amides is 3. The SMILES string of the molecule is Cc1ncsc1-c1ccc([C@H](CO)NC(=O)[C@@H]2C[C@@H](O)CN2C(=O)[C@H](C(C)C)n2cc(-c3ccc(COc4c(-c5c(C)c(F)cc6c5cnn6C5CCCCO5)c(C5CC5)nc5c(N6C[C@@H]7C[C@H]6CN7C(=O)OC(C)(C)C)nc(OC6CCOCC6)nc45)cc3)nn2)cc1. The number of hydrogen-bond acceptors (Lipinski definition) is 19. The van der Waals surface area contributed by atoms with Gasteiger partial charge in [0.1, 0.15) is 52.9 Å². The van der Waals surface area contributed by atoms with Gasteiger partial charge in [-0.2, -0.15) is 15.1 Å². The van der Waals surface area contributed by atoms with E-state index in [1.54, 1.807) is 35.6 Å². The molecule has 14 rings (SSSR count). The summed E-state index contributed by atoms with van der Waals surface area (Å²) in [5, 5.41) is 39.1. The summed E-state index contributed by atoms with van der Waals surface area (Å²) in [5.74, 6) is -0.616. The number of aliphatic hydroxyl groups excluding tert-OH is 2. The summed E-state index contributed by atoms with van der Waals surface area (Å²) in [6.07, 6.45) is 8.01. The van der Waals surface area contributed by atoms with E-state index in [9.17, 15) is 24.6 Å². The number of β-amino-alcohol motifs (C(OH)–C–C–N with tert-alkyl or cyclic N) is 1. The van der Waals surface area contributed by atoms with Crippen LogP contribution in [0.2, 0.25) is 0 Å². The van der Waals surface area contributed by atoms with E-state index in [1.807, 2.05) is 95.0 Å². The van der Waals surface area contributed by atoms with Crippen LogP contribution in [0.1, 0.15) is 145 Å². The van der Waals surface area contributed by atoms with Crippen molar-refractivity contribution in [3.8, 4) is 44.6 Å². The molecular weight excluding hydrogens is 1220 g/mol. The number of thiazole rings is 1. The van der Waals surface area contributed by atoms with Crippen molar-refractivity contribution in [2.45, 2.75) is 173 Å². The number of fused-ring (bicyclic) bond motifs is 4. The monoisotopic (exact) mass is 1300 g/mol. The summed E-state index contributed by atoms with van der Waals surface area (Å²) in [7, 11) is 0. The molecule has 2 bridgehead atoms. The van der Waals surface area contributed by atoms with Crippen LogP contribution in [-0.4, -0.2) is 165 Å². The van der Waals surface area contributed by atoms with E-state index in [2.05, 4.69) is 25.5 Å². The fraction of sp³-hybridized carbons (Fsp3) is 0.507. The summed E-state index contributed by atoms with van der Waals surface area (Å²) in [5.41, 5.74) is 9.60. The van der Waals surface area contributed by atoms with Crippen molar-refractivity contribution in [1.29, 1.82) is 0 Å². The molecule has 8 aromatic rings. The number of nitrogens with zero attached hydrogens (tertiary/aromatic N) is 12. The van der Waals surface area contributed by atoms with Gasteiger partial charge in [0.05, 0.1) is 83.7 Å². The molecular formula is C69H80FN13O10S. The van der Waals surface area contributed by atoms with Gasteiger partial charge in [-0.05, 0) is 101 Å². The highest BCUT2D eigenvalue weighted by Crippen LogP contribution is 2.53. The van der Waals surface area contributed by atoms with Crippen LogP contribution in [0.5, 0.6) is 11.8 Å². The van der Waals surface area contributed by atoms with E-state index in [-0.39, 0.29) is 74.5 Å². The second kappa shape index (κ2) is 25.8. The Hall–Kier alpha value is -8.23. The first-order valence-electron chi connectivity index (χ1n) is 32.9. The number of anilines is 1. The lowest BCUT2D eigenvalue weighted by molar-refractivity contribution is -0.142. The van der Waals surface area contributed by atoms with Gasteiger partial charge in [-0.3, -0.25) is 9.59 Å². The van der Waals surface area contributed by atoms with Crippen LogP contribution in [0.4, 0.5) is 15.0 Å². The van der Waals surface area contributed by atoms with Crippen LogP contribution in [0.15, 0.2) is 72.5 Å². The van der Waals surface area contributed by atoms with Gasteiger partial charge in [-0.1, -0.05) is 67.6 Å². The Labute approximate surface area is 547 Å². The maximum absolute atomic E-state index is 17.0. The lowest BCUT2D eigenvalue weighted by Gasteiger charge is -2.36. The van der Waals surface area contributed by atoms with Crippen LogP contribution in [0.25, 0.3) is 54.8 Å².